The molecule has 1 N–H and O–H groups in total. The zero-order valence-corrected chi connectivity index (χ0v) is 11.6. The minimum Gasteiger partial charge on any atom is -0.377 e. The number of imidazole rings is 1. The molecule has 1 saturated heterocycles. The molecule has 96 valence electrons. The first-order valence-electron chi connectivity index (χ1n) is 6.21. The highest BCUT2D eigenvalue weighted by Gasteiger charge is 2.15. The fraction of sp³-hybridized carbons (Fsp3) is 0.462. The van der Waals surface area contributed by atoms with Crippen molar-refractivity contribution in [2.75, 3.05) is 12.4 Å². The first-order chi connectivity index (χ1) is 8.81. The predicted molar refractivity (Wildman–Crippen MR) is 75.4 cm³/mol. The summed E-state index contributed by atoms with van der Waals surface area (Å²) < 4.78 is 5.71. The Bertz CT molecular complexity index is 537. The molecule has 1 atom stereocenters. The number of aromatic nitrogens is 2. The maximum absolute atomic E-state index is 5.95. The van der Waals surface area contributed by atoms with Crippen LogP contribution in [0.4, 0.5) is 0 Å². The van der Waals surface area contributed by atoms with Crippen molar-refractivity contribution in [3.05, 3.63) is 23.2 Å². The van der Waals surface area contributed by atoms with Crippen molar-refractivity contribution in [3.8, 4) is 0 Å². The van der Waals surface area contributed by atoms with E-state index in [1.54, 1.807) is 11.8 Å². The zero-order chi connectivity index (χ0) is 12.4. The quantitative estimate of drug-likeness (QED) is 0.868. The van der Waals surface area contributed by atoms with E-state index in [-0.39, 0.29) is 0 Å². The molecule has 0 bridgehead atoms. The molecule has 2 aromatic rings. The van der Waals surface area contributed by atoms with Crippen molar-refractivity contribution in [3.63, 3.8) is 0 Å². The van der Waals surface area contributed by atoms with Gasteiger partial charge in [0.15, 0.2) is 5.16 Å². The summed E-state index contributed by atoms with van der Waals surface area (Å²) in [5.74, 6) is 0.966. The van der Waals surface area contributed by atoms with Crippen molar-refractivity contribution < 1.29 is 4.74 Å². The van der Waals surface area contributed by atoms with Crippen LogP contribution in [0, 0.1) is 0 Å². The number of nitrogens with one attached hydrogen (secondary N) is 1. The number of hydrogen-bond donors (Lipinski definition) is 1. The highest BCUT2D eigenvalue weighted by molar-refractivity contribution is 7.99. The number of benzene rings is 1. The number of H-pyrrole nitrogens is 1. The smallest absolute Gasteiger partial charge is 0.166 e. The van der Waals surface area contributed by atoms with E-state index < -0.39 is 0 Å². The number of fused-ring (bicyclic) bond motifs is 1. The van der Waals surface area contributed by atoms with Crippen molar-refractivity contribution in [1.29, 1.82) is 0 Å². The van der Waals surface area contributed by atoms with Crippen LogP contribution in [0.2, 0.25) is 5.02 Å². The van der Waals surface area contributed by atoms with Crippen molar-refractivity contribution >= 4 is 34.4 Å². The van der Waals surface area contributed by atoms with Crippen LogP contribution in [0.1, 0.15) is 19.3 Å². The van der Waals surface area contributed by atoms with E-state index in [2.05, 4.69) is 9.97 Å². The van der Waals surface area contributed by atoms with Crippen LogP contribution in [0.5, 0.6) is 0 Å². The number of thioether (sulfide) groups is 1. The summed E-state index contributed by atoms with van der Waals surface area (Å²) >= 11 is 7.68. The Hall–Kier alpha value is -0.710. The number of ether oxygens (including phenoxy) is 1. The van der Waals surface area contributed by atoms with Crippen LogP contribution >= 0.6 is 23.4 Å². The van der Waals surface area contributed by atoms with E-state index in [4.69, 9.17) is 16.3 Å². The van der Waals surface area contributed by atoms with Gasteiger partial charge in [0, 0.05) is 17.4 Å². The van der Waals surface area contributed by atoms with Crippen molar-refractivity contribution in [1.82, 2.24) is 9.97 Å². The van der Waals surface area contributed by atoms with Gasteiger partial charge in [0.1, 0.15) is 0 Å². The van der Waals surface area contributed by atoms with Crippen LogP contribution in [0.3, 0.4) is 0 Å². The molecule has 0 aliphatic carbocycles. The number of halogens is 1. The molecule has 1 aromatic carbocycles. The Morgan fingerprint density at radius 1 is 1.44 bits per heavy atom. The standard InChI is InChI=1S/C13H15ClN2OS/c14-9-4-5-11-12(7-9)16-13(15-11)18-8-10-3-1-2-6-17-10/h4-5,7,10H,1-3,6,8H2,(H,15,16). The summed E-state index contributed by atoms with van der Waals surface area (Å²) in [6.45, 7) is 0.904. The fourth-order valence-electron chi connectivity index (χ4n) is 2.14. The summed E-state index contributed by atoms with van der Waals surface area (Å²) in [6.07, 6.45) is 4.02. The van der Waals surface area contributed by atoms with Crippen molar-refractivity contribution in [2.24, 2.45) is 0 Å². The van der Waals surface area contributed by atoms with Crippen molar-refractivity contribution in [2.45, 2.75) is 30.5 Å². The van der Waals surface area contributed by atoms with Crippen LogP contribution in [0.25, 0.3) is 11.0 Å². The van der Waals surface area contributed by atoms with Gasteiger partial charge >= 0.3 is 0 Å². The molecular weight excluding hydrogens is 268 g/mol. The predicted octanol–water partition coefficient (Wildman–Crippen LogP) is 3.88. The van der Waals surface area contributed by atoms with Crippen LogP contribution in [-0.4, -0.2) is 28.4 Å². The minimum absolute atomic E-state index is 0.376. The van der Waals surface area contributed by atoms with Gasteiger partial charge in [-0.2, -0.15) is 0 Å². The van der Waals surface area contributed by atoms with Gasteiger partial charge in [0.05, 0.1) is 17.1 Å². The molecule has 1 aromatic heterocycles. The third-order valence-electron chi connectivity index (χ3n) is 3.10. The van der Waals surface area contributed by atoms with E-state index in [0.29, 0.717) is 6.10 Å². The summed E-state index contributed by atoms with van der Waals surface area (Å²) in [5, 5.41) is 1.68. The normalized spacial score (nSPS) is 20.4. The molecule has 1 unspecified atom stereocenters. The summed E-state index contributed by atoms with van der Waals surface area (Å²) in [7, 11) is 0. The first kappa shape index (κ1) is 12.3. The lowest BCUT2D eigenvalue weighted by molar-refractivity contribution is 0.0315. The SMILES string of the molecule is Clc1ccc2nc(SCC3CCCCO3)[nH]c2c1. The molecule has 0 spiro atoms. The number of aromatic amines is 1. The molecule has 2 heterocycles. The molecule has 1 fully saturated rings. The minimum atomic E-state index is 0.376. The van der Waals surface area contributed by atoms with E-state index in [1.165, 1.54) is 19.3 Å². The summed E-state index contributed by atoms with van der Waals surface area (Å²) in [6, 6.07) is 5.71. The number of hydrogen-bond acceptors (Lipinski definition) is 3. The summed E-state index contributed by atoms with van der Waals surface area (Å²) in [4.78, 5) is 7.82. The largest absolute Gasteiger partial charge is 0.377 e. The Morgan fingerprint density at radius 2 is 2.39 bits per heavy atom. The highest BCUT2D eigenvalue weighted by atomic mass is 35.5. The third kappa shape index (κ3) is 2.82. The lowest BCUT2D eigenvalue weighted by Crippen LogP contribution is -2.21. The van der Waals surface area contributed by atoms with Gasteiger partial charge in [-0.3, -0.25) is 0 Å². The molecular formula is C13H15ClN2OS. The molecule has 0 amide bonds. The fourth-order valence-corrected chi connectivity index (χ4v) is 3.26. The van der Waals surface area contributed by atoms with Gasteiger partial charge in [-0.15, -0.1) is 0 Å². The lowest BCUT2D eigenvalue weighted by atomic mass is 10.1. The van der Waals surface area contributed by atoms with Crippen LogP contribution in [0.15, 0.2) is 23.4 Å². The second-order valence-corrected chi connectivity index (χ2v) is 5.95. The Labute approximate surface area is 115 Å². The van der Waals surface area contributed by atoms with Gasteiger partial charge in [-0.25, -0.2) is 4.98 Å². The average Bonchev–Trinajstić information content (AvgIpc) is 2.79. The Kier molecular flexibility index (Phi) is 3.77. The van der Waals surface area contributed by atoms with Crippen LogP contribution in [-0.2, 0) is 4.74 Å². The molecule has 18 heavy (non-hydrogen) atoms. The Morgan fingerprint density at radius 3 is 3.22 bits per heavy atom. The molecule has 3 rings (SSSR count). The monoisotopic (exact) mass is 282 g/mol. The van der Waals surface area contributed by atoms with E-state index >= 15 is 0 Å². The van der Waals surface area contributed by atoms with E-state index in [0.717, 1.165) is 33.6 Å². The maximum atomic E-state index is 5.95. The highest BCUT2D eigenvalue weighted by Crippen LogP contribution is 2.25. The molecule has 5 heteroatoms. The Balaban J connectivity index is 1.67. The number of nitrogens with zero attached hydrogens (tertiary/aromatic N) is 1. The van der Waals surface area contributed by atoms with Gasteiger partial charge in [-0.05, 0) is 37.5 Å². The summed E-state index contributed by atoms with van der Waals surface area (Å²) in [5.41, 5.74) is 1.96. The zero-order valence-electron chi connectivity index (χ0n) is 9.99. The second kappa shape index (κ2) is 5.51. The van der Waals surface area contributed by atoms with Gasteiger partial charge in [0.2, 0.25) is 0 Å². The molecule has 1 aliphatic heterocycles. The third-order valence-corrected chi connectivity index (χ3v) is 4.34. The maximum Gasteiger partial charge on any atom is 0.166 e. The lowest BCUT2D eigenvalue weighted by Gasteiger charge is -2.21. The molecule has 0 saturated carbocycles. The topological polar surface area (TPSA) is 37.9 Å². The average molecular weight is 283 g/mol. The van der Waals surface area contributed by atoms with E-state index in [9.17, 15) is 0 Å². The molecule has 3 nitrogen and oxygen atoms in total. The first-order valence-corrected chi connectivity index (χ1v) is 7.57. The van der Waals surface area contributed by atoms with Crippen LogP contribution < -0.4 is 0 Å². The van der Waals surface area contributed by atoms with E-state index in [1.807, 2.05) is 18.2 Å². The number of rotatable bonds is 3. The van der Waals surface area contributed by atoms with Gasteiger partial charge in [-0.1, -0.05) is 23.4 Å². The van der Waals surface area contributed by atoms with Gasteiger partial charge < -0.3 is 9.72 Å². The molecule has 0 radical (unpaired) electrons. The van der Waals surface area contributed by atoms with Gasteiger partial charge in [0.25, 0.3) is 0 Å². The molecule has 1 aliphatic rings. The second-order valence-electron chi connectivity index (χ2n) is 4.50.